The molecule has 0 spiro atoms. The monoisotopic (exact) mass is 479 g/mol. The summed E-state index contributed by atoms with van der Waals surface area (Å²) >= 11 is 0. The first-order valence-corrected chi connectivity index (χ1v) is 11.5. The summed E-state index contributed by atoms with van der Waals surface area (Å²) in [6.07, 6.45) is -1.23. The molecule has 10 heteroatoms. The van der Waals surface area contributed by atoms with E-state index in [-0.39, 0.29) is 12.3 Å². The summed E-state index contributed by atoms with van der Waals surface area (Å²) in [7, 11) is 0. The first-order valence-electron chi connectivity index (χ1n) is 11.5. The summed E-state index contributed by atoms with van der Waals surface area (Å²) in [5.41, 5.74) is -3.80. The van der Waals surface area contributed by atoms with Crippen LogP contribution in [-0.4, -0.2) is 59.3 Å². The Hall–Kier alpha value is -2.48. The van der Waals surface area contributed by atoms with Crippen LogP contribution in [0.1, 0.15) is 50.7 Å². The number of hydrogen-bond acceptors (Lipinski definition) is 6. The van der Waals surface area contributed by atoms with E-state index in [1.165, 1.54) is 12.1 Å². The number of aliphatic hydroxyl groups excluding tert-OH is 1. The van der Waals surface area contributed by atoms with Crippen molar-refractivity contribution in [2.24, 2.45) is 11.8 Å². The zero-order valence-electron chi connectivity index (χ0n) is 19.2. The Bertz CT molecular complexity index is 1000. The number of alkyl halides is 3. The summed E-state index contributed by atoms with van der Waals surface area (Å²) in [5, 5.41) is 18.0. The van der Waals surface area contributed by atoms with E-state index in [9.17, 15) is 22.8 Å². The predicted molar refractivity (Wildman–Crippen MR) is 116 cm³/mol. The number of unbranched alkanes of at least 4 members (excludes halogenated alkanes) is 3. The Kier molecular flexibility index (Phi) is 6.25. The third-order valence-corrected chi connectivity index (χ3v) is 7.23. The number of nitrogens with zero attached hydrogens (tertiary/aromatic N) is 3. The molecule has 184 valence electrons. The van der Waals surface area contributed by atoms with Crippen LogP contribution in [0, 0.1) is 23.2 Å². The second kappa shape index (κ2) is 8.63. The Balaban J connectivity index is 1.59. The Morgan fingerprint density at radius 2 is 1.68 bits per heavy atom. The lowest BCUT2D eigenvalue weighted by molar-refractivity contribution is -0.169. The van der Waals surface area contributed by atoms with Crippen molar-refractivity contribution in [2.75, 3.05) is 31.1 Å². The van der Waals surface area contributed by atoms with Crippen molar-refractivity contribution < 1.29 is 32.6 Å². The number of anilines is 1. The Labute approximate surface area is 196 Å². The number of hydrogen-bond donors (Lipinski definition) is 1. The topological polar surface area (TPSA) is 93.9 Å². The number of rotatable bonds is 7. The highest BCUT2D eigenvalue weighted by Gasteiger charge is 2.71. The van der Waals surface area contributed by atoms with E-state index < -0.39 is 52.2 Å². The number of aliphatic hydroxyl groups is 1. The standard InChI is InChI=1S/C24H28F3N3O4/c1-22-13-29(9-5-3-4-6-10-31)14-23(2,34-22)19-18(22)20(32)30(21(19)33)16-8-7-15(12-28)17(11-16)24(25,26)27/h7-8,11,18-19,31H,3-6,9-10,13-14H2,1-2H3/t18-,19+,22+,23-. The number of halogens is 3. The smallest absolute Gasteiger partial charge is 0.396 e. The van der Waals surface area contributed by atoms with Gasteiger partial charge in [-0.1, -0.05) is 12.8 Å². The van der Waals surface area contributed by atoms with E-state index >= 15 is 0 Å². The Morgan fingerprint density at radius 3 is 2.21 bits per heavy atom. The van der Waals surface area contributed by atoms with E-state index in [0.29, 0.717) is 19.2 Å². The van der Waals surface area contributed by atoms with Gasteiger partial charge in [0.1, 0.15) is 0 Å². The molecule has 3 saturated heterocycles. The molecule has 1 aromatic carbocycles. The van der Waals surface area contributed by atoms with E-state index in [1.54, 1.807) is 13.8 Å². The van der Waals surface area contributed by atoms with Crippen LogP contribution < -0.4 is 4.90 Å². The van der Waals surface area contributed by atoms with Crippen LogP contribution in [0.3, 0.4) is 0 Å². The molecule has 2 bridgehead atoms. The van der Waals surface area contributed by atoms with Gasteiger partial charge in [0, 0.05) is 19.7 Å². The van der Waals surface area contributed by atoms with Crippen molar-refractivity contribution in [2.45, 2.75) is 56.9 Å². The maximum Gasteiger partial charge on any atom is 0.417 e. The molecule has 0 aromatic heterocycles. The molecule has 4 atom stereocenters. The molecule has 0 unspecified atom stereocenters. The van der Waals surface area contributed by atoms with Crippen LogP contribution in [0.2, 0.25) is 0 Å². The van der Waals surface area contributed by atoms with Crippen LogP contribution in [0.15, 0.2) is 18.2 Å². The van der Waals surface area contributed by atoms with E-state index in [4.69, 9.17) is 15.1 Å². The molecule has 7 nitrogen and oxygen atoms in total. The third-order valence-electron chi connectivity index (χ3n) is 7.23. The summed E-state index contributed by atoms with van der Waals surface area (Å²) in [6, 6.07) is 4.42. The van der Waals surface area contributed by atoms with Gasteiger partial charge in [0.25, 0.3) is 0 Å². The van der Waals surface area contributed by atoms with Gasteiger partial charge in [-0.3, -0.25) is 14.5 Å². The number of carbonyl (C=O) groups excluding carboxylic acids is 2. The van der Waals surface area contributed by atoms with Gasteiger partial charge in [-0.05, 0) is 51.4 Å². The van der Waals surface area contributed by atoms with Crippen LogP contribution >= 0.6 is 0 Å². The highest BCUT2D eigenvalue weighted by atomic mass is 19.4. The van der Waals surface area contributed by atoms with E-state index in [1.807, 2.05) is 0 Å². The average Bonchev–Trinajstić information content (AvgIpc) is 3.12. The molecule has 3 fully saturated rings. The van der Waals surface area contributed by atoms with E-state index in [2.05, 4.69) is 4.90 Å². The average molecular weight is 479 g/mol. The molecule has 1 aromatic rings. The number of benzene rings is 1. The molecule has 3 heterocycles. The minimum absolute atomic E-state index is 0.168. The summed E-state index contributed by atoms with van der Waals surface area (Å²) < 4.78 is 46.7. The molecule has 0 saturated carbocycles. The highest BCUT2D eigenvalue weighted by Crippen LogP contribution is 2.55. The van der Waals surface area contributed by atoms with Gasteiger partial charge in [0.15, 0.2) is 0 Å². The second-order valence-electron chi connectivity index (χ2n) is 9.88. The van der Waals surface area contributed by atoms with Crippen molar-refractivity contribution in [1.29, 1.82) is 5.26 Å². The minimum atomic E-state index is -4.79. The number of carbonyl (C=O) groups is 2. The van der Waals surface area contributed by atoms with Gasteiger partial charge in [-0.25, -0.2) is 4.90 Å². The van der Waals surface area contributed by atoms with Gasteiger partial charge in [0.05, 0.1) is 45.9 Å². The molecule has 4 rings (SSSR count). The van der Waals surface area contributed by atoms with Gasteiger partial charge in [-0.2, -0.15) is 18.4 Å². The maximum atomic E-state index is 13.5. The van der Waals surface area contributed by atoms with Crippen LogP contribution in [0.25, 0.3) is 0 Å². The van der Waals surface area contributed by atoms with Crippen LogP contribution in [0.4, 0.5) is 18.9 Å². The zero-order valence-corrected chi connectivity index (χ0v) is 19.2. The minimum Gasteiger partial charge on any atom is -0.396 e. The second-order valence-corrected chi connectivity index (χ2v) is 9.88. The fraction of sp³-hybridized carbons (Fsp3) is 0.625. The number of imide groups is 1. The molecule has 34 heavy (non-hydrogen) atoms. The fourth-order valence-corrected chi connectivity index (χ4v) is 5.98. The molecule has 0 aliphatic carbocycles. The highest BCUT2D eigenvalue weighted by molar-refractivity contribution is 6.23. The van der Waals surface area contributed by atoms with Crippen molar-refractivity contribution in [3.8, 4) is 6.07 Å². The number of morpholine rings is 1. The molecular formula is C24H28F3N3O4. The normalized spacial score (nSPS) is 31.1. The maximum absolute atomic E-state index is 13.5. The van der Waals surface area contributed by atoms with Crippen molar-refractivity contribution in [3.63, 3.8) is 0 Å². The molecule has 3 aliphatic heterocycles. The van der Waals surface area contributed by atoms with Gasteiger partial charge in [0.2, 0.25) is 11.8 Å². The van der Waals surface area contributed by atoms with Crippen molar-refractivity contribution in [3.05, 3.63) is 29.3 Å². The number of fused-ring (bicyclic) bond motifs is 5. The quantitative estimate of drug-likeness (QED) is 0.477. The first-order chi connectivity index (χ1) is 15.9. The molecule has 1 N–H and O–H groups in total. The van der Waals surface area contributed by atoms with E-state index in [0.717, 1.165) is 43.2 Å². The zero-order chi connectivity index (χ0) is 24.9. The lowest BCUT2D eigenvalue weighted by Crippen LogP contribution is -2.58. The summed E-state index contributed by atoms with van der Waals surface area (Å²) in [5.74, 6) is -2.73. The van der Waals surface area contributed by atoms with Crippen LogP contribution in [-0.2, 0) is 20.5 Å². The van der Waals surface area contributed by atoms with Crippen molar-refractivity contribution >= 4 is 17.5 Å². The summed E-state index contributed by atoms with van der Waals surface area (Å²) in [6.45, 7) is 5.41. The van der Waals surface area contributed by atoms with Gasteiger partial charge >= 0.3 is 6.18 Å². The predicted octanol–water partition coefficient (Wildman–Crippen LogP) is 3.10. The number of likely N-dealkylation sites (tertiary alicyclic amines) is 1. The molecular weight excluding hydrogens is 451 g/mol. The van der Waals surface area contributed by atoms with Crippen LogP contribution in [0.5, 0.6) is 0 Å². The molecule has 2 amide bonds. The Morgan fingerprint density at radius 1 is 1.09 bits per heavy atom. The number of nitriles is 1. The molecule has 3 aliphatic rings. The SMILES string of the molecule is C[C@]12CN(CCCCCCO)C[C@](C)(O1)[C@H]1C(=O)N(c3ccc(C#N)c(C(F)(F)F)c3)C(=O)[C@H]12. The largest absolute Gasteiger partial charge is 0.417 e. The first kappa shape index (κ1) is 24.6. The third kappa shape index (κ3) is 4.00. The fourth-order valence-electron chi connectivity index (χ4n) is 5.98. The lowest BCUT2D eigenvalue weighted by Gasteiger charge is -2.45. The van der Waals surface area contributed by atoms with Gasteiger partial charge in [-0.15, -0.1) is 0 Å². The van der Waals surface area contributed by atoms with Crippen molar-refractivity contribution in [1.82, 2.24) is 4.90 Å². The number of amides is 2. The number of ether oxygens (including phenoxy) is 1. The van der Waals surface area contributed by atoms with Gasteiger partial charge < -0.3 is 9.84 Å². The summed E-state index contributed by atoms with van der Waals surface area (Å²) in [4.78, 5) is 30.0. The molecule has 0 radical (unpaired) electrons. The lowest BCUT2D eigenvalue weighted by atomic mass is 9.79.